The molecule has 0 heterocycles. The van der Waals surface area contributed by atoms with Crippen LogP contribution in [0.2, 0.25) is 0 Å². The van der Waals surface area contributed by atoms with Gasteiger partial charge in [-0.25, -0.2) is 0 Å². The average molecular weight is 178 g/mol. The van der Waals surface area contributed by atoms with Crippen molar-refractivity contribution in [2.45, 2.75) is 40.0 Å². The zero-order valence-electron chi connectivity index (χ0n) is 9.10. The van der Waals surface area contributed by atoms with Crippen LogP contribution in [0.5, 0.6) is 5.75 Å². The lowest BCUT2D eigenvalue weighted by atomic mass is 9.83. The second kappa shape index (κ2) is 3.06. The molecule has 0 saturated heterocycles. The van der Waals surface area contributed by atoms with Gasteiger partial charge in [0.25, 0.3) is 0 Å². The summed E-state index contributed by atoms with van der Waals surface area (Å²) in [5.74, 6) is 0.437. The number of aryl methyl sites for hydroxylation is 1. The highest BCUT2D eigenvalue weighted by molar-refractivity contribution is 5.46. The molecule has 0 aliphatic heterocycles. The smallest absolute Gasteiger partial charge is 0.121 e. The van der Waals surface area contributed by atoms with E-state index in [2.05, 4.69) is 26.8 Å². The Morgan fingerprint density at radius 1 is 1.08 bits per heavy atom. The highest BCUT2D eigenvalue weighted by Gasteiger charge is 2.18. The fourth-order valence-electron chi connectivity index (χ4n) is 1.65. The first-order valence-electron chi connectivity index (χ1n) is 4.63. The summed E-state index contributed by atoms with van der Waals surface area (Å²) in [5.41, 5.74) is 3.28. The van der Waals surface area contributed by atoms with Gasteiger partial charge in [0, 0.05) is 0 Å². The Morgan fingerprint density at radius 2 is 1.62 bits per heavy atom. The fraction of sp³-hybridized carbons (Fsp3) is 0.500. The zero-order valence-corrected chi connectivity index (χ0v) is 9.10. The summed E-state index contributed by atoms with van der Waals surface area (Å²) in [6.45, 7) is 10.4. The zero-order chi connectivity index (χ0) is 10.2. The van der Waals surface area contributed by atoms with Crippen LogP contribution in [0, 0.1) is 13.8 Å². The molecule has 1 aromatic rings. The van der Waals surface area contributed by atoms with E-state index in [1.165, 1.54) is 5.56 Å². The molecule has 0 aromatic heterocycles. The molecule has 0 atom stereocenters. The molecule has 72 valence electrons. The number of aromatic hydroxyl groups is 1. The molecule has 1 nitrogen and oxygen atoms in total. The van der Waals surface area contributed by atoms with Crippen LogP contribution in [-0.2, 0) is 5.41 Å². The van der Waals surface area contributed by atoms with Gasteiger partial charge in [0.15, 0.2) is 0 Å². The Morgan fingerprint density at radius 3 is 2.08 bits per heavy atom. The van der Waals surface area contributed by atoms with E-state index >= 15 is 0 Å². The van der Waals surface area contributed by atoms with Crippen molar-refractivity contribution in [2.75, 3.05) is 0 Å². The lowest BCUT2D eigenvalue weighted by molar-refractivity contribution is 0.461. The van der Waals surface area contributed by atoms with E-state index in [0.29, 0.717) is 5.75 Å². The van der Waals surface area contributed by atoms with Gasteiger partial charge >= 0.3 is 0 Å². The van der Waals surface area contributed by atoms with Crippen molar-refractivity contribution in [3.05, 3.63) is 28.8 Å². The summed E-state index contributed by atoms with van der Waals surface area (Å²) in [6, 6.07) is 4.08. The first-order chi connectivity index (χ1) is 5.84. The first kappa shape index (κ1) is 10.1. The van der Waals surface area contributed by atoms with E-state index in [0.717, 1.165) is 11.1 Å². The predicted molar refractivity (Wildman–Crippen MR) is 56.3 cm³/mol. The minimum atomic E-state index is 0.106. The van der Waals surface area contributed by atoms with Crippen molar-refractivity contribution < 1.29 is 5.11 Å². The van der Waals surface area contributed by atoms with Crippen LogP contribution < -0.4 is 0 Å². The van der Waals surface area contributed by atoms with Crippen LogP contribution in [0.1, 0.15) is 37.5 Å². The molecule has 0 bridgehead atoms. The highest BCUT2D eigenvalue weighted by Crippen LogP contribution is 2.32. The first-order valence-corrected chi connectivity index (χ1v) is 4.63. The maximum Gasteiger partial charge on any atom is 0.121 e. The molecular formula is C12H18O. The van der Waals surface area contributed by atoms with Crippen LogP contribution in [-0.4, -0.2) is 5.11 Å². The summed E-state index contributed by atoms with van der Waals surface area (Å²) in [6.07, 6.45) is 0. The molecule has 1 aromatic carbocycles. The molecule has 0 spiro atoms. The van der Waals surface area contributed by atoms with Crippen molar-refractivity contribution in [2.24, 2.45) is 0 Å². The third-order valence-corrected chi connectivity index (χ3v) is 2.44. The summed E-state index contributed by atoms with van der Waals surface area (Å²) < 4.78 is 0. The number of phenols is 1. The Bertz CT molecular complexity index is 319. The van der Waals surface area contributed by atoms with E-state index in [4.69, 9.17) is 0 Å². The second-order valence-electron chi connectivity index (χ2n) is 4.65. The van der Waals surface area contributed by atoms with Crippen molar-refractivity contribution >= 4 is 0 Å². The minimum absolute atomic E-state index is 0.106. The van der Waals surface area contributed by atoms with Gasteiger partial charge in [-0.15, -0.1) is 0 Å². The number of rotatable bonds is 0. The molecular weight excluding hydrogens is 160 g/mol. The van der Waals surface area contributed by atoms with Crippen molar-refractivity contribution in [3.8, 4) is 5.75 Å². The van der Waals surface area contributed by atoms with Crippen LogP contribution in [0.3, 0.4) is 0 Å². The van der Waals surface area contributed by atoms with E-state index in [9.17, 15) is 5.11 Å². The van der Waals surface area contributed by atoms with E-state index in [1.807, 2.05) is 19.9 Å². The fourth-order valence-corrected chi connectivity index (χ4v) is 1.65. The molecule has 1 heteroatoms. The van der Waals surface area contributed by atoms with Crippen LogP contribution in [0.25, 0.3) is 0 Å². The van der Waals surface area contributed by atoms with Gasteiger partial charge in [0.2, 0.25) is 0 Å². The molecule has 1 N–H and O–H groups in total. The van der Waals surface area contributed by atoms with Crippen LogP contribution in [0.4, 0.5) is 0 Å². The maximum atomic E-state index is 9.75. The van der Waals surface area contributed by atoms with Gasteiger partial charge in [-0.1, -0.05) is 32.9 Å². The van der Waals surface area contributed by atoms with Crippen LogP contribution >= 0.6 is 0 Å². The van der Waals surface area contributed by atoms with Gasteiger partial charge in [-0.2, -0.15) is 0 Å². The minimum Gasteiger partial charge on any atom is -0.507 e. The highest BCUT2D eigenvalue weighted by atomic mass is 16.3. The predicted octanol–water partition coefficient (Wildman–Crippen LogP) is 3.31. The van der Waals surface area contributed by atoms with E-state index < -0.39 is 0 Å². The summed E-state index contributed by atoms with van der Waals surface area (Å²) in [7, 11) is 0. The van der Waals surface area contributed by atoms with Crippen molar-refractivity contribution in [3.63, 3.8) is 0 Å². The topological polar surface area (TPSA) is 20.2 Å². The molecule has 0 unspecified atom stereocenters. The third-order valence-electron chi connectivity index (χ3n) is 2.44. The molecule has 0 radical (unpaired) electrons. The number of hydrogen-bond acceptors (Lipinski definition) is 1. The van der Waals surface area contributed by atoms with Gasteiger partial charge in [-0.3, -0.25) is 0 Å². The van der Waals surface area contributed by atoms with E-state index in [-0.39, 0.29) is 5.41 Å². The standard InChI is InChI=1S/C12H18O/c1-8-6-7-10(12(3,4)5)9(2)11(8)13/h6-7,13H,1-5H3. The Labute approximate surface area is 80.4 Å². The third kappa shape index (κ3) is 1.85. The van der Waals surface area contributed by atoms with Gasteiger partial charge < -0.3 is 5.11 Å². The number of phenolic OH excluding ortho intramolecular Hbond substituents is 1. The lowest BCUT2D eigenvalue weighted by Crippen LogP contribution is -2.13. The normalized spacial score (nSPS) is 11.8. The monoisotopic (exact) mass is 178 g/mol. The quantitative estimate of drug-likeness (QED) is 0.646. The number of hydrogen-bond donors (Lipinski definition) is 1. The van der Waals surface area contributed by atoms with Gasteiger partial charge in [0.1, 0.15) is 5.75 Å². The van der Waals surface area contributed by atoms with Crippen molar-refractivity contribution in [1.29, 1.82) is 0 Å². The maximum absolute atomic E-state index is 9.75. The summed E-state index contributed by atoms with van der Waals surface area (Å²) >= 11 is 0. The van der Waals surface area contributed by atoms with Crippen molar-refractivity contribution in [1.82, 2.24) is 0 Å². The summed E-state index contributed by atoms with van der Waals surface area (Å²) in [5, 5.41) is 9.75. The largest absolute Gasteiger partial charge is 0.507 e. The SMILES string of the molecule is Cc1ccc(C(C)(C)C)c(C)c1O. The molecule has 0 saturated carbocycles. The lowest BCUT2D eigenvalue weighted by Gasteiger charge is -2.22. The Balaban J connectivity index is 3.35. The molecule has 0 aliphatic carbocycles. The van der Waals surface area contributed by atoms with Crippen LogP contribution in [0.15, 0.2) is 12.1 Å². The molecule has 1 rings (SSSR count). The number of benzene rings is 1. The van der Waals surface area contributed by atoms with E-state index in [1.54, 1.807) is 0 Å². The average Bonchev–Trinajstić information content (AvgIpc) is 1.98. The summed E-state index contributed by atoms with van der Waals surface area (Å²) in [4.78, 5) is 0. The molecule has 0 aliphatic rings. The molecule has 13 heavy (non-hydrogen) atoms. The Hall–Kier alpha value is -0.980. The molecule has 0 fully saturated rings. The van der Waals surface area contributed by atoms with Gasteiger partial charge in [0.05, 0.1) is 0 Å². The second-order valence-corrected chi connectivity index (χ2v) is 4.65. The van der Waals surface area contributed by atoms with Gasteiger partial charge in [-0.05, 0) is 36.0 Å². The molecule has 0 amide bonds. The Kier molecular flexibility index (Phi) is 2.38.